The van der Waals surface area contributed by atoms with E-state index in [0.29, 0.717) is 13.2 Å². The van der Waals surface area contributed by atoms with Gasteiger partial charge in [-0.2, -0.15) is 0 Å². The van der Waals surface area contributed by atoms with Crippen LogP contribution in [0.3, 0.4) is 0 Å². The van der Waals surface area contributed by atoms with Crippen LogP contribution in [0.4, 0.5) is 0 Å². The van der Waals surface area contributed by atoms with Crippen LogP contribution in [0.25, 0.3) is 0 Å². The molecule has 1 rings (SSSR count). The van der Waals surface area contributed by atoms with Crippen molar-refractivity contribution in [2.24, 2.45) is 0 Å². The monoisotopic (exact) mass is 323 g/mol. The maximum atomic E-state index is 11.4. The zero-order chi connectivity index (χ0) is 17.1. The lowest BCUT2D eigenvalue weighted by molar-refractivity contribution is -0.143. The third-order valence-corrected chi connectivity index (χ3v) is 3.42. The number of esters is 2. The van der Waals surface area contributed by atoms with Gasteiger partial charge in [0.15, 0.2) is 0 Å². The third-order valence-electron chi connectivity index (χ3n) is 3.42. The first-order chi connectivity index (χ1) is 11.1. The minimum atomic E-state index is -0.373. The molecule has 0 aliphatic heterocycles. The Kier molecular flexibility index (Phi) is 8.75. The fourth-order valence-electron chi connectivity index (χ4n) is 2.04. The molecule has 0 radical (unpaired) electrons. The molecule has 6 nitrogen and oxygen atoms in total. The number of carbonyl (C=O) groups is 2. The van der Waals surface area contributed by atoms with Crippen molar-refractivity contribution < 1.29 is 23.8 Å². The molecule has 0 fully saturated rings. The fourth-order valence-corrected chi connectivity index (χ4v) is 2.04. The highest BCUT2D eigenvalue weighted by molar-refractivity contribution is 5.73. The lowest BCUT2D eigenvalue weighted by Gasteiger charge is -2.16. The van der Waals surface area contributed by atoms with Gasteiger partial charge in [-0.15, -0.1) is 0 Å². The van der Waals surface area contributed by atoms with Crippen molar-refractivity contribution in [3.05, 3.63) is 29.8 Å². The number of hydrogen-bond acceptors (Lipinski definition) is 6. The number of hydrogen-bond donors (Lipinski definition) is 1. The highest BCUT2D eigenvalue weighted by atomic mass is 16.5. The minimum Gasteiger partial charge on any atom is -0.492 e. The number of rotatable bonds is 10. The molecule has 0 atom stereocenters. The lowest BCUT2D eigenvalue weighted by Crippen LogP contribution is -2.36. The lowest BCUT2D eigenvalue weighted by atomic mass is 10.1. The fraction of sp³-hybridized carbons (Fsp3) is 0.529. The molecule has 1 N–H and O–H groups in total. The van der Waals surface area contributed by atoms with Gasteiger partial charge in [0.2, 0.25) is 0 Å². The first-order valence-electron chi connectivity index (χ1n) is 7.67. The second-order valence-corrected chi connectivity index (χ2v) is 5.06. The normalized spacial score (nSPS) is 10.4. The molecule has 0 heterocycles. The van der Waals surface area contributed by atoms with Crippen LogP contribution in [0, 0.1) is 0 Å². The molecule has 0 bridgehead atoms. The number of ether oxygens (including phenoxy) is 3. The van der Waals surface area contributed by atoms with Gasteiger partial charge in [-0.3, -0.25) is 9.59 Å². The summed E-state index contributed by atoms with van der Waals surface area (Å²) < 4.78 is 14.9. The van der Waals surface area contributed by atoms with Crippen molar-refractivity contribution >= 4 is 11.9 Å². The Morgan fingerprint density at radius 3 is 2.09 bits per heavy atom. The Balaban J connectivity index is 2.37. The standard InChI is InChI=1S/C17H25NO5/c1-4-13-5-7-15(8-6-13)23-10-9-18-14(11-16(19)21-2)12-17(20)22-3/h5-8,14,18H,4,9-12H2,1-3H3. The van der Waals surface area contributed by atoms with E-state index < -0.39 is 0 Å². The predicted molar refractivity (Wildman–Crippen MR) is 86.4 cm³/mol. The van der Waals surface area contributed by atoms with Gasteiger partial charge in [0, 0.05) is 12.6 Å². The molecular formula is C17H25NO5. The van der Waals surface area contributed by atoms with Crippen molar-refractivity contribution in [3.63, 3.8) is 0 Å². The zero-order valence-corrected chi connectivity index (χ0v) is 14.0. The molecular weight excluding hydrogens is 298 g/mol. The van der Waals surface area contributed by atoms with E-state index in [1.54, 1.807) is 0 Å². The molecule has 1 aromatic carbocycles. The third kappa shape index (κ3) is 7.65. The van der Waals surface area contributed by atoms with Crippen molar-refractivity contribution in [2.45, 2.75) is 32.2 Å². The van der Waals surface area contributed by atoms with Crippen molar-refractivity contribution in [1.82, 2.24) is 5.32 Å². The molecule has 0 spiro atoms. The minimum absolute atomic E-state index is 0.108. The molecule has 0 saturated carbocycles. The van der Waals surface area contributed by atoms with Crippen LogP contribution in [0.2, 0.25) is 0 Å². The second-order valence-electron chi connectivity index (χ2n) is 5.06. The zero-order valence-electron chi connectivity index (χ0n) is 14.0. The average Bonchev–Trinajstić information content (AvgIpc) is 2.58. The summed E-state index contributed by atoms with van der Waals surface area (Å²) >= 11 is 0. The molecule has 0 unspecified atom stereocenters. The maximum absolute atomic E-state index is 11.4. The van der Waals surface area contributed by atoms with Gasteiger partial charge in [0.25, 0.3) is 0 Å². The van der Waals surface area contributed by atoms with E-state index >= 15 is 0 Å². The van der Waals surface area contributed by atoms with Gasteiger partial charge in [0.05, 0.1) is 27.1 Å². The summed E-state index contributed by atoms with van der Waals surface area (Å²) in [5, 5.41) is 3.12. The largest absolute Gasteiger partial charge is 0.492 e. The molecule has 0 amide bonds. The van der Waals surface area contributed by atoms with Crippen LogP contribution in [-0.2, 0) is 25.5 Å². The summed E-state index contributed by atoms with van der Waals surface area (Å²) in [6.07, 6.45) is 1.21. The molecule has 0 saturated heterocycles. The van der Waals surface area contributed by atoms with E-state index in [-0.39, 0.29) is 30.8 Å². The first-order valence-corrected chi connectivity index (χ1v) is 7.67. The topological polar surface area (TPSA) is 73.9 Å². The highest BCUT2D eigenvalue weighted by Crippen LogP contribution is 2.12. The summed E-state index contributed by atoms with van der Waals surface area (Å²) in [5.74, 6) is 0.0476. The van der Waals surface area contributed by atoms with Crippen LogP contribution < -0.4 is 10.1 Å². The van der Waals surface area contributed by atoms with E-state index in [1.165, 1.54) is 19.8 Å². The Hall–Kier alpha value is -2.08. The summed E-state index contributed by atoms with van der Waals surface area (Å²) in [6, 6.07) is 7.58. The number of benzene rings is 1. The molecule has 6 heteroatoms. The van der Waals surface area contributed by atoms with E-state index in [1.807, 2.05) is 24.3 Å². The summed E-state index contributed by atoms with van der Waals surface area (Å²) in [7, 11) is 2.64. The van der Waals surface area contributed by atoms with Crippen LogP contribution in [0.5, 0.6) is 5.75 Å². The Morgan fingerprint density at radius 1 is 1.04 bits per heavy atom. The van der Waals surface area contributed by atoms with E-state index in [2.05, 4.69) is 21.7 Å². The molecule has 128 valence electrons. The van der Waals surface area contributed by atoms with Crippen LogP contribution in [0.1, 0.15) is 25.3 Å². The van der Waals surface area contributed by atoms with Gasteiger partial charge in [-0.1, -0.05) is 19.1 Å². The van der Waals surface area contributed by atoms with Crippen LogP contribution in [0.15, 0.2) is 24.3 Å². The van der Waals surface area contributed by atoms with Crippen LogP contribution >= 0.6 is 0 Å². The van der Waals surface area contributed by atoms with Gasteiger partial charge >= 0.3 is 11.9 Å². The summed E-state index contributed by atoms with van der Waals surface area (Å²) in [6.45, 7) is 3.04. The number of nitrogens with one attached hydrogen (secondary N) is 1. The van der Waals surface area contributed by atoms with Crippen molar-refractivity contribution in [2.75, 3.05) is 27.4 Å². The van der Waals surface area contributed by atoms with Crippen LogP contribution in [-0.4, -0.2) is 45.4 Å². The van der Waals surface area contributed by atoms with E-state index in [9.17, 15) is 9.59 Å². The summed E-state index contributed by atoms with van der Waals surface area (Å²) in [4.78, 5) is 22.7. The van der Waals surface area contributed by atoms with Crippen molar-refractivity contribution in [3.8, 4) is 5.75 Å². The maximum Gasteiger partial charge on any atom is 0.307 e. The molecule has 0 aromatic heterocycles. The Labute approximate surface area is 137 Å². The smallest absolute Gasteiger partial charge is 0.307 e. The Morgan fingerprint density at radius 2 is 1.61 bits per heavy atom. The molecule has 23 heavy (non-hydrogen) atoms. The van der Waals surface area contributed by atoms with Crippen molar-refractivity contribution in [1.29, 1.82) is 0 Å². The molecule has 1 aromatic rings. The predicted octanol–water partition coefficient (Wildman–Crippen LogP) is 1.71. The van der Waals surface area contributed by atoms with Gasteiger partial charge in [-0.05, 0) is 24.1 Å². The first kappa shape index (κ1) is 19.0. The Bertz CT molecular complexity index is 468. The SMILES string of the molecule is CCc1ccc(OCCNC(CC(=O)OC)CC(=O)OC)cc1. The van der Waals surface area contributed by atoms with Gasteiger partial charge in [0.1, 0.15) is 12.4 Å². The van der Waals surface area contributed by atoms with E-state index in [4.69, 9.17) is 4.74 Å². The van der Waals surface area contributed by atoms with E-state index in [0.717, 1.165) is 12.2 Å². The molecule has 0 aliphatic carbocycles. The average molecular weight is 323 g/mol. The van der Waals surface area contributed by atoms with Gasteiger partial charge in [-0.25, -0.2) is 0 Å². The highest BCUT2D eigenvalue weighted by Gasteiger charge is 2.17. The number of aryl methyl sites for hydroxylation is 1. The number of methoxy groups -OCH3 is 2. The molecule has 0 aliphatic rings. The van der Waals surface area contributed by atoms with Gasteiger partial charge < -0.3 is 19.5 Å². The second kappa shape index (κ2) is 10.6. The number of carbonyl (C=O) groups excluding carboxylic acids is 2. The summed E-state index contributed by atoms with van der Waals surface area (Å²) in [5.41, 5.74) is 1.26. The quantitative estimate of drug-likeness (QED) is 0.522.